The maximum absolute atomic E-state index is 10.4. The second kappa shape index (κ2) is 137. The van der Waals surface area contributed by atoms with Gasteiger partial charge in [-0.05, 0) is 0 Å². The summed E-state index contributed by atoms with van der Waals surface area (Å²) in [6, 6.07) is 0. The van der Waals surface area contributed by atoms with Crippen LogP contribution in [0.3, 0.4) is 0 Å². The second-order valence-corrected chi connectivity index (χ2v) is 28.7. The molecule has 142 heavy (non-hydrogen) atoms. The minimum atomic E-state index is -0.882. The summed E-state index contributed by atoms with van der Waals surface area (Å²) in [4.78, 5) is 10.4. The van der Waals surface area contributed by atoms with E-state index in [9.17, 15) is 4.79 Å². The van der Waals surface area contributed by atoms with Crippen LogP contribution < -0.4 is 0 Å². The molecule has 852 valence electrons. The van der Waals surface area contributed by atoms with Gasteiger partial charge < -0.3 is 223 Å². The highest BCUT2D eigenvalue weighted by molar-refractivity contribution is 5.66. The molecule has 0 aliphatic carbocycles. The lowest BCUT2D eigenvalue weighted by Gasteiger charge is -2.09. The van der Waals surface area contributed by atoms with Gasteiger partial charge in [-0.2, -0.15) is 0 Å². The van der Waals surface area contributed by atoms with Gasteiger partial charge in [0.25, 0.3) is 0 Å². The summed E-state index contributed by atoms with van der Waals surface area (Å²) in [6.07, 6.45) is -0.0136. The van der Waals surface area contributed by atoms with Gasteiger partial charge in [-0.25, -0.2) is 0 Å². The minimum Gasteiger partial charge on any atom is -0.481 e. The zero-order valence-electron chi connectivity index (χ0n) is 86.2. The van der Waals surface area contributed by atoms with E-state index >= 15 is 0 Å². The molecule has 0 aliphatic heterocycles. The van der Waals surface area contributed by atoms with E-state index in [4.69, 9.17) is 223 Å². The molecule has 0 heterocycles. The average molecular weight is 2090 g/mol. The van der Waals surface area contributed by atoms with E-state index in [1.165, 1.54) is 0 Å². The number of carboxylic acid groups (broad SMARTS) is 1. The lowest BCUT2D eigenvalue weighted by molar-refractivity contribution is -0.138. The van der Waals surface area contributed by atoms with Gasteiger partial charge in [0, 0.05) is 7.11 Å². The molecule has 0 aromatic heterocycles. The van der Waals surface area contributed by atoms with E-state index < -0.39 is 5.97 Å². The molecule has 0 bridgehead atoms. The van der Waals surface area contributed by atoms with Gasteiger partial charge in [0.15, 0.2) is 0 Å². The molecular weight excluding hydrogens is 1900 g/mol. The van der Waals surface area contributed by atoms with Crippen molar-refractivity contribution >= 4 is 5.97 Å². The van der Waals surface area contributed by atoms with Crippen molar-refractivity contribution < 1.29 is 228 Å². The first-order valence-corrected chi connectivity index (χ1v) is 50.5. The predicted octanol–water partition coefficient (Wildman–Crippen LogP) is 0.855. The van der Waals surface area contributed by atoms with Crippen LogP contribution in [0.5, 0.6) is 0 Å². The minimum absolute atomic E-state index is 0.0136. The van der Waals surface area contributed by atoms with E-state index in [1.807, 2.05) is 0 Å². The fraction of sp³-hybridized carbons (Fsp3) is 0.989. The van der Waals surface area contributed by atoms with Crippen LogP contribution in [0.4, 0.5) is 0 Å². The Morgan fingerprint density at radius 2 is 0.148 bits per heavy atom. The summed E-state index contributed by atoms with van der Waals surface area (Å²) in [5.41, 5.74) is 0. The van der Waals surface area contributed by atoms with Crippen molar-refractivity contribution in [3.63, 3.8) is 0 Å². The Hall–Kier alpha value is -2.37. The smallest absolute Gasteiger partial charge is 0.305 e. The van der Waals surface area contributed by atoms with Gasteiger partial charge in [0.2, 0.25) is 0 Å². The molecule has 0 aromatic rings. The largest absolute Gasteiger partial charge is 0.481 e. The Kier molecular flexibility index (Phi) is 134. The third-order valence-electron chi connectivity index (χ3n) is 17.3. The van der Waals surface area contributed by atoms with E-state index in [0.717, 1.165) is 0 Å². The molecule has 0 aromatic carbocycles. The summed E-state index contributed by atoms with van der Waals surface area (Å²) in [5.74, 6) is -0.882. The molecule has 0 spiro atoms. The SMILES string of the molecule is COCCOCCOCCOCCOCCOCCOCCOCCOCCOCCOCCOCCOCCOCCOCCOCCOCCOCCOCCOCCOCCOCCOCCOCCOCCOCCOCCOCCOCCOCCOCCOCCOCCOCCOCCOCCOCCOCCOCCOCCOCCOCCOCCOCCOCCOCCC(=O)O. The highest BCUT2D eigenvalue weighted by atomic mass is 16.7. The van der Waals surface area contributed by atoms with Crippen molar-refractivity contribution in [3.8, 4) is 0 Å². The number of methoxy groups -OCH3 is 1. The summed E-state index contributed by atoms with van der Waals surface area (Å²) in [5, 5.41) is 8.54. The lowest BCUT2D eigenvalue weighted by atomic mass is 10.5. The first-order chi connectivity index (χ1) is 70.8. The van der Waals surface area contributed by atoms with E-state index in [2.05, 4.69) is 0 Å². The molecule has 0 atom stereocenters. The third kappa shape index (κ3) is 138. The van der Waals surface area contributed by atoms with Gasteiger partial charge in [0.05, 0.1) is 608 Å². The zero-order valence-corrected chi connectivity index (χ0v) is 86.2. The van der Waals surface area contributed by atoms with Gasteiger partial charge in [0.1, 0.15) is 0 Å². The van der Waals surface area contributed by atoms with E-state index in [0.29, 0.717) is 595 Å². The van der Waals surface area contributed by atoms with Gasteiger partial charge in [-0.1, -0.05) is 0 Å². The lowest BCUT2D eigenvalue weighted by Crippen LogP contribution is -2.16. The van der Waals surface area contributed by atoms with Crippen LogP contribution in [0.15, 0.2) is 0 Å². The normalized spacial score (nSPS) is 11.8. The van der Waals surface area contributed by atoms with E-state index in [-0.39, 0.29) is 13.0 Å². The van der Waals surface area contributed by atoms with Crippen molar-refractivity contribution in [2.45, 2.75) is 6.42 Å². The zero-order chi connectivity index (χ0) is 101. The third-order valence-corrected chi connectivity index (χ3v) is 17.3. The average Bonchev–Trinajstić information content (AvgIpc) is 1.11. The number of hydrogen-bond acceptors (Lipinski definition) is 47. The monoisotopic (exact) mass is 2090 g/mol. The molecule has 0 amide bonds. The Bertz CT molecular complexity index is 1990. The molecule has 48 nitrogen and oxygen atoms in total. The Morgan fingerprint density at radius 3 is 0.197 bits per heavy atom. The first kappa shape index (κ1) is 140. The Balaban J connectivity index is 3.11. The number of ether oxygens (including phenoxy) is 46. The number of carboxylic acids is 1. The Morgan fingerprint density at radius 1 is 0.0986 bits per heavy atom. The summed E-state index contributed by atoms with van der Waals surface area (Å²) in [6.45, 7) is 43.1. The fourth-order valence-corrected chi connectivity index (χ4v) is 10.1. The molecule has 0 fully saturated rings. The molecular formula is C94H188O48. The highest BCUT2D eigenvalue weighted by Crippen LogP contribution is 1.98. The number of hydrogen-bond donors (Lipinski definition) is 1. The van der Waals surface area contributed by atoms with Gasteiger partial charge >= 0.3 is 5.97 Å². The van der Waals surface area contributed by atoms with Gasteiger partial charge in [-0.15, -0.1) is 0 Å². The maximum atomic E-state index is 10.4. The molecule has 48 heteroatoms. The quantitative estimate of drug-likeness (QED) is 0.0825. The Labute approximate surface area is 845 Å². The van der Waals surface area contributed by atoms with Gasteiger partial charge in [-0.3, -0.25) is 4.79 Å². The first-order valence-electron chi connectivity index (χ1n) is 50.5. The molecule has 0 rings (SSSR count). The standard InChI is InChI=1S/C94H188O48/c1-97-4-5-99-8-9-101-12-13-103-16-17-105-20-21-107-24-25-109-28-29-111-32-33-113-36-37-115-40-41-117-44-45-119-48-49-121-52-53-123-56-57-125-60-61-127-64-65-129-68-69-131-72-73-133-76-77-135-80-81-137-84-85-139-88-89-141-92-93-142-91-90-140-87-86-138-83-82-136-79-78-134-75-74-132-71-70-130-67-66-128-63-62-126-59-58-124-55-54-122-51-50-120-47-46-118-43-42-116-39-38-114-35-34-112-31-30-110-27-26-108-23-22-106-19-18-104-15-14-102-11-10-100-7-6-98-3-2-94(95)96/h2-93H2,1H3,(H,95,96). The summed E-state index contributed by atoms with van der Waals surface area (Å²) < 4.78 is 253. The van der Waals surface area contributed by atoms with Crippen LogP contribution in [-0.4, -0.2) is 619 Å². The maximum Gasteiger partial charge on any atom is 0.305 e. The van der Waals surface area contributed by atoms with E-state index in [1.54, 1.807) is 7.11 Å². The molecule has 0 saturated heterocycles. The fourth-order valence-electron chi connectivity index (χ4n) is 10.1. The summed E-state index contributed by atoms with van der Waals surface area (Å²) >= 11 is 0. The summed E-state index contributed by atoms with van der Waals surface area (Å²) in [7, 11) is 1.64. The van der Waals surface area contributed by atoms with Crippen LogP contribution in [-0.2, 0) is 223 Å². The molecule has 0 aliphatic rings. The van der Waals surface area contributed by atoms with Crippen molar-refractivity contribution in [1.29, 1.82) is 0 Å². The van der Waals surface area contributed by atoms with Crippen LogP contribution >= 0.6 is 0 Å². The van der Waals surface area contributed by atoms with Crippen molar-refractivity contribution in [1.82, 2.24) is 0 Å². The van der Waals surface area contributed by atoms with Crippen LogP contribution in [0.2, 0.25) is 0 Å². The molecule has 0 unspecified atom stereocenters. The van der Waals surface area contributed by atoms with Crippen LogP contribution in [0.1, 0.15) is 6.42 Å². The second-order valence-electron chi connectivity index (χ2n) is 28.7. The number of aliphatic carboxylic acids is 1. The van der Waals surface area contributed by atoms with Crippen LogP contribution in [0.25, 0.3) is 0 Å². The van der Waals surface area contributed by atoms with Crippen LogP contribution in [0, 0.1) is 0 Å². The molecule has 0 radical (unpaired) electrons. The molecule has 1 N–H and O–H groups in total. The molecule has 0 saturated carbocycles. The number of rotatable bonds is 138. The van der Waals surface area contributed by atoms with Crippen molar-refractivity contribution in [2.24, 2.45) is 0 Å². The van der Waals surface area contributed by atoms with Crippen molar-refractivity contribution in [3.05, 3.63) is 0 Å². The topological polar surface area (TPSA) is 462 Å². The number of carbonyl (C=O) groups is 1. The predicted molar refractivity (Wildman–Crippen MR) is 511 cm³/mol. The highest BCUT2D eigenvalue weighted by Gasteiger charge is 2.07. The van der Waals surface area contributed by atoms with Crippen molar-refractivity contribution in [2.75, 3.05) is 608 Å².